The number of carbonyl (C=O) groups is 1. The van der Waals surface area contributed by atoms with Crippen molar-refractivity contribution in [3.8, 4) is 0 Å². The fraction of sp³-hybridized carbons (Fsp3) is 0.333. The molecule has 0 bridgehead atoms. The maximum absolute atomic E-state index is 11.6. The van der Waals surface area contributed by atoms with Gasteiger partial charge in [-0.05, 0) is 0 Å². The molecule has 13 heavy (non-hydrogen) atoms. The van der Waals surface area contributed by atoms with Crippen molar-refractivity contribution in [2.75, 3.05) is 6.54 Å². The predicted octanol–water partition coefficient (Wildman–Crippen LogP) is 1.07. The summed E-state index contributed by atoms with van der Waals surface area (Å²) in [5.41, 5.74) is 0. The van der Waals surface area contributed by atoms with Crippen LogP contribution in [0, 0.1) is 0 Å². The van der Waals surface area contributed by atoms with Crippen LogP contribution in [-0.4, -0.2) is 30.0 Å². The average Bonchev–Trinajstić information content (AvgIpc) is 2.03. The van der Waals surface area contributed by atoms with Crippen LogP contribution in [0.5, 0.6) is 0 Å². The molecule has 2 amide bonds. The Labute approximate surface area is 71.7 Å². The summed E-state index contributed by atoms with van der Waals surface area (Å²) in [7, 11) is 0. The number of halogens is 3. The van der Waals surface area contributed by atoms with Gasteiger partial charge in [0.15, 0.2) is 0 Å². The van der Waals surface area contributed by atoms with E-state index in [-0.39, 0.29) is 6.54 Å². The molecular formula is C6H6F3N3O. The number of hydrogen-bond acceptors (Lipinski definition) is 2. The summed E-state index contributed by atoms with van der Waals surface area (Å²) in [6.07, 6.45) is -0.962. The number of amides is 2. The van der Waals surface area contributed by atoms with Gasteiger partial charge in [0.1, 0.15) is 0 Å². The summed E-state index contributed by atoms with van der Waals surface area (Å²) in [6, 6.07) is -1.21. The first-order chi connectivity index (χ1) is 5.99. The van der Waals surface area contributed by atoms with Crippen molar-refractivity contribution in [1.82, 2.24) is 10.2 Å². The van der Waals surface area contributed by atoms with Gasteiger partial charge in [0.2, 0.25) is 0 Å². The van der Waals surface area contributed by atoms with Crippen LogP contribution in [0.1, 0.15) is 0 Å². The minimum absolute atomic E-state index is 0.0401. The molecule has 0 aromatic heterocycles. The summed E-state index contributed by atoms with van der Waals surface area (Å²) in [5.74, 6) is 0. The Morgan fingerprint density at radius 3 is 2.69 bits per heavy atom. The fourth-order valence-electron chi connectivity index (χ4n) is 0.719. The van der Waals surface area contributed by atoms with E-state index in [1.807, 2.05) is 0 Å². The molecule has 1 N–H and O–H groups in total. The van der Waals surface area contributed by atoms with Gasteiger partial charge in [-0.3, -0.25) is 9.89 Å². The zero-order valence-corrected chi connectivity index (χ0v) is 6.38. The number of alkyl halides is 3. The molecule has 1 aliphatic heterocycles. The largest absolute Gasteiger partial charge is 0.485 e. The van der Waals surface area contributed by atoms with E-state index >= 15 is 0 Å². The number of nitrogens with one attached hydrogen (secondary N) is 1. The molecule has 0 saturated carbocycles. The highest BCUT2D eigenvalue weighted by Gasteiger charge is 2.31. The quantitative estimate of drug-likeness (QED) is 0.574. The molecule has 1 heterocycles. The van der Waals surface area contributed by atoms with Crippen molar-refractivity contribution in [3.63, 3.8) is 0 Å². The minimum atomic E-state index is -4.69. The van der Waals surface area contributed by atoms with Crippen LogP contribution in [0.2, 0.25) is 0 Å². The third kappa shape index (κ3) is 3.14. The van der Waals surface area contributed by atoms with Gasteiger partial charge < -0.3 is 0 Å². The second-order valence-corrected chi connectivity index (χ2v) is 2.21. The van der Waals surface area contributed by atoms with Crippen molar-refractivity contribution >= 4 is 12.2 Å². The maximum Gasteiger partial charge on any atom is 0.485 e. The summed E-state index contributed by atoms with van der Waals surface area (Å²) in [4.78, 5) is 15.3. The molecule has 0 spiro atoms. The van der Waals surface area contributed by atoms with Gasteiger partial charge in [-0.2, -0.15) is 13.2 Å². The van der Waals surface area contributed by atoms with Gasteiger partial charge in [-0.15, -0.1) is 0 Å². The Hall–Kier alpha value is -1.53. The Morgan fingerprint density at radius 2 is 2.23 bits per heavy atom. The molecule has 0 aromatic rings. The number of carbonyl (C=O) groups excluding carboxylic acids is 1. The van der Waals surface area contributed by atoms with E-state index < -0.39 is 12.3 Å². The lowest BCUT2D eigenvalue weighted by atomic mass is 10.5. The standard InChI is InChI=1S/C6H6F3N3O/c7-6(8,9)11-5(13)12-3-1-10-2-4-12/h1-3H,4H2,(H,11,13). The molecular weight excluding hydrogens is 187 g/mol. The van der Waals surface area contributed by atoms with Gasteiger partial charge in [-0.1, -0.05) is 0 Å². The van der Waals surface area contributed by atoms with Gasteiger partial charge in [0.05, 0.1) is 6.54 Å². The van der Waals surface area contributed by atoms with Crippen LogP contribution >= 0.6 is 0 Å². The van der Waals surface area contributed by atoms with Crippen molar-refractivity contribution < 1.29 is 18.0 Å². The van der Waals surface area contributed by atoms with Crippen LogP contribution in [0.4, 0.5) is 18.0 Å². The summed E-state index contributed by atoms with van der Waals surface area (Å²) >= 11 is 0. The van der Waals surface area contributed by atoms with E-state index in [0.717, 1.165) is 10.2 Å². The minimum Gasteiger partial charge on any atom is -0.294 e. The number of nitrogens with zero attached hydrogens (tertiary/aromatic N) is 2. The maximum atomic E-state index is 11.6. The molecule has 0 unspecified atom stereocenters. The SMILES string of the molecule is O=C(NC(F)(F)F)N1C=CN=CC1. The molecule has 4 nitrogen and oxygen atoms in total. The van der Waals surface area contributed by atoms with Gasteiger partial charge in [-0.25, -0.2) is 10.1 Å². The Morgan fingerprint density at radius 1 is 1.54 bits per heavy atom. The molecule has 0 fully saturated rings. The average molecular weight is 193 g/mol. The molecule has 72 valence electrons. The predicted molar refractivity (Wildman–Crippen MR) is 38.9 cm³/mol. The topological polar surface area (TPSA) is 44.7 Å². The highest BCUT2D eigenvalue weighted by Crippen LogP contribution is 2.10. The highest BCUT2D eigenvalue weighted by atomic mass is 19.4. The number of urea groups is 1. The first-order valence-electron chi connectivity index (χ1n) is 3.33. The summed E-state index contributed by atoms with van der Waals surface area (Å²) < 4.78 is 34.9. The Kier molecular flexibility index (Phi) is 2.54. The van der Waals surface area contributed by atoms with Crippen molar-refractivity contribution in [1.29, 1.82) is 0 Å². The first-order valence-corrected chi connectivity index (χ1v) is 3.33. The second kappa shape index (κ2) is 3.46. The summed E-state index contributed by atoms with van der Waals surface area (Å²) in [5, 5.41) is 0.863. The van der Waals surface area contributed by atoms with E-state index in [1.54, 1.807) is 0 Å². The van der Waals surface area contributed by atoms with Crippen LogP contribution in [0.25, 0.3) is 0 Å². The Bertz CT molecular complexity index is 258. The van der Waals surface area contributed by atoms with Crippen molar-refractivity contribution in [3.05, 3.63) is 12.4 Å². The fourth-order valence-corrected chi connectivity index (χ4v) is 0.719. The molecule has 1 aliphatic rings. The lowest BCUT2D eigenvalue weighted by Crippen LogP contribution is -2.45. The van der Waals surface area contributed by atoms with Crippen LogP contribution in [-0.2, 0) is 0 Å². The van der Waals surface area contributed by atoms with Crippen LogP contribution in [0.15, 0.2) is 17.4 Å². The van der Waals surface area contributed by atoms with E-state index in [1.165, 1.54) is 18.6 Å². The first kappa shape index (κ1) is 9.56. The van der Waals surface area contributed by atoms with Gasteiger partial charge in [0, 0.05) is 18.6 Å². The molecule has 7 heteroatoms. The van der Waals surface area contributed by atoms with Crippen LogP contribution < -0.4 is 5.32 Å². The van der Waals surface area contributed by atoms with Crippen molar-refractivity contribution in [2.24, 2.45) is 4.99 Å². The smallest absolute Gasteiger partial charge is 0.294 e. The van der Waals surface area contributed by atoms with E-state index in [0.29, 0.717) is 0 Å². The molecule has 1 rings (SSSR count). The van der Waals surface area contributed by atoms with E-state index in [4.69, 9.17) is 0 Å². The molecule has 0 radical (unpaired) electrons. The highest BCUT2D eigenvalue weighted by molar-refractivity contribution is 5.79. The number of rotatable bonds is 0. The van der Waals surface area contributed by atoms with Crippen molar-refractivity contribution in [2.45, 2.75) is 6.30 Å². The summed E-state index contributed by atoms with van der Waals surface area (Å²) in [6.45, 7) is 0.0401. The molecule has 0 aromatic carbocycles. The molecule has 0 atom stereocenters. The number of hydrogen-bond donors (Lipinski definition) is 1. The third-order valence-corrected chi connectivity index (χ3v) is 1.23. The monoisotopic (exact) mass is 193 g/mol. The second-order valence-electron chi connectivity index (χ2n) is 2.21. The number of aliphatic imine (C=N–C) groups is 1. The molecule has 0 saturated heterocycles. The van der Waals surface area contributed by atoms with E-state index in [9.17, 15) is 18.0 Å². The zero-order chi connectivity index (χ0) is 9.90. The Balaban J connectivity index is 2.49. The third-order valence-electron chi connectivity index (χ3n) is 1.23. The lowest BCUT2D eigenvalue weighted by Gasteiger charge is -2.19. The normalized spacial score (nSPS) is 16.1. The van der Waals surface area contributed by atoms with E-state index in [2.05, 4.69) is 4.99 Å². The van der Waals surface area contributed by atoms with Crippen LogP contribution in [0.3, 0.4) is 0 Å². The lowest BCUT2D eigenvalue weighted by molar-refractivity contribution is -0.146. The van der Waals surface area contributed by atoms with Gasteiger partial charge >= 0.3 is 12.3 Å². The zero-order valence-electron chi connectivity index (χ0n) is 6.38. The molecule has 0 aliphatic carbocycles. The van der Waals surface area contributed by atoms with Gasteiger partial charge in [0.25, 0.3) is 0 Å².